The van der Waals surface area contributed by atoms with E-state index in [2.05, 4.69) is 4.99 Å². The summed E-state index contributed by atoms with van der Waals surface area (Å²) in [6, 6.07) is 10.7. The molecule has 0 N–H and O–H groups in total. The van der Waals surface area contributed by atoms with Crippen molar-refractivity contribution >= 4 is 39.1 Å². The largest absolute Gasteiger partial charge is 0.462 e. The number of esters is 1. The van der Waals surface area contributed by atoms with Gasteiger partial charge in [0, 0.05) is 19.7 Å². The van der Waals surface area contributed by atoms with Gasteiger partial charge in [-0.2, -0.15) is 4.99 Å². The summed E-state index contributed by atoms with van der Waals surface area (Å²) in [6.45, 7) is 2.78. The quantitative estimate of drug-likeness (QED) is 0.324. The lowest BCUT2D eigenvalue weighted by molar-refractivity contribution is -0.385. The number of aromatic nitrogens is 1. The Hall–Kier alpha value is -3.37. The lowest BCUT2D eigenvalue weighted by atomic mass is 10.2. The Morgan fingerprint density at radius 2 is 2.00 bits per heavy atom. The van der Waals surface area contributed by atoms with Gasteiger partial charge in [0.1, 0.15) is 5.56 Å². The van der Waals surface area contributed by atoms with E-state index in [0.29, 0.717) is 23.5 Å². The number of carbonyl (C=O) groups is 2. The molecule has 1 heterocycles. The Balaban J connectivity index is 2.12. The molecular formula is C20H19N3O6S. The second kappa shape index (κ2) is 9.42. The number of ether oxygens (including phenoxy) is 2. The molecular weight excluding hydrogens is 410 g/mol. The minimum Gasteiger partial charge on any atom is -0.462 e. The molecule has 1 amide bonds. The van der Waals surface area contributed by atoms with Crippen molar-refractivity contribution in [2.75, 3.05) is 20.3 Å². The third-order valence-corrected chi connectivity index (χ3v) is 5.28. The molecule has 9 nitrogen and oxygen atoms in total. The molecule has 0 aliphatic rings. The minimum atomic E-state index is -0.717. The number of methoxy groups -OCH3 is 1. The summed E-state index contributed by atoms with van der Waals surface area (Å²) >= 11 is 1.20. The highest BCUT2D eigenvalue weighted by Crippen LogP contribution is 2.21. The number of nitro benzene ring substituents is 1. The monoisotopic (exact) mass is 429 g/mol. The Labute approximate surface area is 175 Å². The molecule has 0 aliphatic carbocycles. The van der Waals surface area contributed by atoms with Gasteiger partial charge in [-0.3, -0.25) is 14.9 Å². The fourth-order valence-corrected chi connectivity index (χ4v) is 3.95. The molecule has 0 saturated carbocycles. The standard InChI is InChI=1S/C20H19N3O6S/c1-3-29-19(25)13-8-9-16-17(12-13)30-20(22(16)10-11-28-2)21-18(24)14-6-4-5-7-15(14)23(26)27/h4-9,12H,3,10-11H2,1-2H3. The van der Waals surface area contributed by atoms with Crippen LogP contribution in [0, 0.1) is 10.1 Å². The Morgan fingerprint density at radius 1 is 1.23 bits per heavy atom. The Kier molecular flexibility index (Phi) is 6.70. The SMILES string of the molecule is CCOC(=O)c1ccc2c(c1)sc(=NC(=O)c1ccccc1[N+](=O)[O-])n2CCOC. The van der Waals surface area contributed by atoms with Crippen LogP contribution in [0.15, 0.2) is 47.5 Å². The van der Waals surface area contributed by atoms with Gasteiger partial charge in [0.25, 0.3) is 11.6 Å². The first-order valence-corrected chi connectivity index (χ1v) is 9.89. The number of rotatable bonds is 7. The Morgan fingerprint density at radius 3 is 2.70 bits per heavy atom. The van der Waals surface area contributed by atoms with Crippen molar-refractivity contribution in [2.24, 2.45) is 4.99 Å². The van der Waals surface area contributed by atoms with Gasteiger partial charge in [-0.25, -0.2) is 4.79 Å². The predicted molar refractivity (Wildman–Crippen MR) is 111 cm³/mol. The first kappa shape index (κ1) is 21.3. The molecule has 0 saturated heterocycles. The van der Waals surface area contributed by atoms with Crippen molar-refractivity contribution in [3.63, 3.8) is 0 Å². The molecule has 1 aromatic heterocycles. The summed E-state index contributed by atoms with van der Waals surface area (Å²) < 4.78 is 12.7. The maximum Gasteiger partial charge on any atom is 0.338 e. The van der Waals surface area contributed by atoms with E-state index in [9.17, 15) is 19.7 Å². The van der Waals surface area contributed by atoms with Gasteiger partial charge in [0.05, 0.1) is 33.9 Å². The molecule has 10 heteroatoms. The molecule has 0 fully saturated rings. The predicted octanol–water partition coefficient (Wildman–Crippen LogP) is 3.18. The van der Waals surface area contributed by atoms with E-state index in [1.807, 2.05) is 0 Å². The highest BCUT2D eigenvalue weighted by Gasteiger charge is 2.19. The number of amides is 1. The topological polar surface area (TPSA) is 113 Å². The van der Waals surface area contributed by atoms with Crippen molar-refractivity contribution < 1.29 is 24.0 Å². The molecule has 156 valence electrons. The molecule has 0 unspecified atom stereocenters. The third-order valence-electron chi connectivity index (χ3n) is 4.24. The number of hydrogen-bond acceptors (Lipinski definition) is 7. The summed E-state index contributed by atoms with van der Waals surface area (Å²) in [7, 11) is 1.56. The molecule has 30 heavy (non-hydrogen) atoms. The van der Waals surface area contributed by atoms with E-state index in [-0.39, 0.29) is 17.9 Å². The average molecular weight is 429 g/mol. The fourth-order valence-electron chi connectivity index (χ4n) is 2.86. The number of fused-ring (bicyclic) bond motifs is 1. The normalized spacial score (nSPS) is 11.6. The highest BCUT2D eigenvalue weighted by molar-refractivity contribution is 7.16. The highest BCUT2D eigenvalue weighted by atomic mass is 32.1. The van der Waals surface area contributed by atoms with Crippen molar-refractivity contribution in [2.45, 2.75) is 13.5 Å². The maximum atomic E-state index is 12.7. The lowest BCUT2D eigenvalue weighted by Gasteiger charge is -2.05. The number of thiazole rings is 1. The number of nitro groups is 1. The van der Waals surface area contributed by atoms with Crippen LogP contribution in [0.5, 0.6) is 0 Å². The second-order valence-corrected chi connectivity index (χ2v) is 7.13. The second-order valence-electron chi connectivity index (χ2n) is 6.12. The van der Waals surface area contributed by atoms with Crippen molar-refractivity contribution in [3.05, 3.63) is 68.5 Å². The first-order valence-electron chi connectivity index (χ1n) is 9.08. The molecule has 2 aromatic carbocycles. The smallest absolute Gasteiger partial charge is 0.338 e. The van der Waals surface area contributed by atoms with Gasteiger partial charge in [-0.05, 0) is 31.2 Å². The summed E-state index contributed by atoms with van der Waals surface area (Å²) in [6.07, 6.45) is 0. The van der Waals surface area contributed by atoms with E-state index in [0.717, 1.165) is 10.2 Å². The minimum absolute atomic E-state index is 0.0922. The van der Waals surface area contributed by atoms with Crippen LogP contribution in [0.3, 0.4) is 0 Å². The van der Waals surface area contributed by atoms with Crippen LogP contribution in [0.2, 0.25) is 0 Å². The van der Waals surface area contributed by atoms with Gasteiger partial charge >= 0.3 is 5.97 Å². The molecule has 0 radical (unpaired) electrons. The summed E-state index contributed by atoms with van der Waals surface area (Å²) in [5, 5.41) is 11.2. The summed E-state index contributed by atoms with van der Waals surface area (Å²) in [4.78, 5) is 39.9. The van der Waals surface area contributed by atoms with Crippen LogP contribution in [-0.2, 0) is 16.0 Å². The van der Waals surface area contributed by atoms with Gasteiger partial charge in [0.2, 0.25) is 0 Å². The van der Waals surface area contributed by atoms with Crippen LogP contribution < -0.4 is 4.80 Å². The molecule has 0 atom stereocenters. The van der Waals surface area contributed by atoms with Crippen LogP contribution >= 0.6 is 11.3 Å². The van der Waals surface area contributed by atoms with E-state index in [4.69, 9.17) is 9.47 Å². The maximum absolute atomic E-state index is 12.7. The number of hydrogen-bond donors (Lipinski definition) is 0. The van der Waals surface area contributed by atoms with Gasteiger partial charge < -0.3 is 14.0 Å². The van der Waals surface area contributed by atoms with Crippen LogP contribution in [0.25, 0.3) is 10.2 Å². The van der Waals surface area contributed by atoms with Gasteiger partial charge in [-0.15, -0.1) is 0 Å². The third kappa shape index (κ3) is 4.44. The number of para-hydroxylation sites is 1. The number of nitrogens with zero attached hydrogens (tertiary/aromatic N) is 3. The molecule has 0 aliphatic heterocycles. The average Bonchev–Trinajstić information content (AvgIpc) is 3.08. The molecule has 3 aromatic rings. The first-order chi connectivity index (χ1) is 14.5. The molecule has 3 rings (SSSR count). The van der Waals surface area contributed by atoms with E-state index in [1.165, 1.54) is 29.5 Å². The Bertz CT molecular complexity index is 1180. The lowest BCUT2D eigenvalue weighted by Crippen LogP contribution is -2.19. The zero-order valence-corrected chi connectivity index (χ0v) is 17.2. The van der Waals surface area contributed by atoms with Crippen LogP contribution in [0.1, 0.15) is 27.6 Å². The molecule has 0 bridgehead atoms. The summed E-state index contributed by atoms with van der Waals surface area (Å²) in [5.41, 5.74) is 0.756. The van der Waals surface area contributed by atoms with Gasteiger partial charge in [-0.1, -0.05) is 23.5 Å². The fraction of sp³-hybridized carbons (Fsp3) is 0.250. The van der Waals surface area contributed by atoms with Crippen molar-refractivity contribution in [1.29, 1.82) is 0 Å². The van der Waals surface area contributed by atoms with E-state index >= 15 is 0 Å². The van der Waals surface area contributed by atoms with Crippen LogP contribution in [-0.4, -0.2) is 41.7 Å². The molecule has 0 spiro atoms. The number of carbonyl (C=O) groups excluding carboxylic acids is 2. The van der Waals surface area contributed by atoms with E-state index in [1.54, 1.807) is 42.9 Å². The van der Waals surface area contributed by atoms with Crippen molar-refractivity contribution in [1.82, 2.24) is 4.57 Å². The summed E-state index contributed by atoms with van der Waals surface area (Å²) in [5.74, 6) is -1.16. The van der Waals surface area contributed by atoms with Gasteiger partial charge in [0.15, 0.2) is 4.80 Å². The van der Waals surface area contributed by atoms with E-state index < -0.39 is 16.8 Å². The zero-order chi connectivity index (χ0) is 21.7. The zero-order valence-electron chi connectivity index (χ0n) is 16.4. The number of benzene rings is 2. The van der Waals surface area contributed by atoms with Crippen molar-refractivity contribution in [3.8, 4) is 0 Å². The van der Waals surface area contributed by atoms with Crippen LogP contribution in [0.4, 0.5) is 5.69 Å².